The van der Waals surface area contributed by atoms with Crippen LogP contribution in [0, 0.1) is 11.6 Å². The molecule has 2 aromatic rings. The zero-order valence-corrected chi connectivity index (χ0v) is 10.4. The summed E-state index contributed by atoms with van der Waals surface area (Å²) < 4.78 is 32.5. The molecule has 100 valence electrons. The van der Waals surface area contributed by atoms with Gasteiger partial charge in [0, 0.05) is 7.11 Å². The third-order valence-corrected chi connectivity index (χ3v) is 2.96. The number of methoxy groups -OCH3 is 1. The summed E-state index contributed by atoms with van der Waals surface area (Å²) in [5.41, 5.74) is 0.276. The third-order valence-electron chi connectivity index (χ3n) is 2.96. The first-order valence-corrected chi connectivity index (χ1v) is 5.85. The molecule has 0 bridgehead atoms. The maximum atomic E-state index is 13.7. The van der Waals surface area contributed by atoms with Gasteiger partial charge in [-0.1, -0.05) is 36.4 Å². The zero-order chi connectivity index (χ0) is 13.8. The van der Waals surface area contributed by atoms with E-state index in [0.29, 0.717) is 5.56 Å². The van der Waals surface area contributed by atoms with Gasteiger partial charge in [0.15, 0.2) is 0 Å². The van der Waals surface area contributed by atoms with Gasteiger partial charge in [-0.25, -0.2) is 8.78 Å². The molecule has 2 atom stereocenters. The molecule has 2 aromatic carbocycles. The van der Waals surface area contributed by atoms with Crippen LogP contribution in [-0.4, -0.2) is 12.2 Å². The Morgan fingerprint density at radius 2 is 1.53 bits per heavy atom. The summed E-state index contributed by atoms with van der Waals surface area (Å²) in [6, 6.07) is 12.3. The van der Waals surface area contributed by atoms with Crippen molar-refractivity contribution in [3.8, 4) is 0 Å². The molecule has 0 saturated carbocycles. The molecule has 0 saturated heterocycles. The molecule has 0 fully saturated rings. The summed E-state index contributed by atoms with van der Waals surface area (Å²) in [4.78, 5) is 0. The average molecular weight is 264 g/mol. The number of aliphatic hydroxyl groups is 1. The van der Waals surface area contributed by atoms with Gasteiger partial charge in [-0.15, -0.1) is 0 Å². The van der Waals surface area contributed by atoms with Crippen LogP contribution in [0.3, 0.4) is 0 Å². The van der Waals surface area contributed by atoms with Crippen LogP contribution in [0.15, 0.2) is 48.5 Å². The molecular formula is C15H14F2O2. The smallest absolute Gasteiger partial charge is 0.132 e. The summed E-state index contributed by atoms with van der Waals surface area (Å²) in [6.07, 6.45) is -2.24. The Morgan fingerprint density at radius 3 is 2.05 bits per heavy atom. The maximum absolute atomic E-state index is 13.7. The molecule has 0 aliphatic carbocycles. The van der Waals surface area contributed by atoms with Gasteiger partial charge >= 0.3 is 0 Å². The second-order valence-corrected chi connectivity index (χ2v) is 4.15. The molecular weight excluding hydrogens is 250 g/mol. The average Bonchev–Trinajstić information content (AvgIpc) is 2.40. The second-order valence-electron chi connectivity index (χ2n) is 4.15. The van der Waals surface area contributed by atoms with Crippen LogP contribution in [0.4, 0.5) is 8.78 Å². The first-order chi connectivity index (χ1) is 9.15. The highest BCUT2D eigenvalue weighted by atomic mass is 19.1. The molecule has 2 rings (SSSR count). The Morgan fingerprint density at radius 1 is 0.947 bits per heavy atom. The number of aliphatic hydroxyl groups excluding tert-OH is 1. The second kappa shape index (κ2) is 5.91. The summed E-state index contributed by atoms with van der Waals surface area (Å²) in [6.45, 7) is 0. The van der Waals surface area contributed by atoms with E-state index >= 15 is 0 Å². The van der Waals surface area contributed by atoms with E-state index < -0.39 is 23.8 Å². The fraction of sp³-hybridized carbons (Fsp3) is 0.200. The van der Waals surface area contributed by atoms with E-state index in [1.54, 1.807) is 24.3 Å². The largest absolute Gasteiger partial charge is 0.385 e. The summed E-state index contributed by atoms with van der Waals surface area (Å²) in [5.74, 6) is -1.57. The molecule has 0 aliphatic rings. The van der Waals surface area contributed by atoms with Gasteiger partial charge in [-0.3, -0.25) is 0 Å². The predicted octanol–water partition coefficient (Wildman–Crippen LogP) is 3.39. The van der Waals surface area contributed by atoms with Gasteiger partial charge in [-0.05, 0) is 17.7 Å². The molecule has 0 radical (unpaired) electrons. The number of hydrogen-bond acceptors (Lipinski definition) is 2. The van der Waals surface area contributed by atoms with Crippen molar-refractivity contribution in [1.82, 2.24) is 0 Å². The van der Waals surface area contributed by atoms with Crippen molar-refractivity contribution in [2.75, 3.05) is 7.11 Å². The topological polar surface area (TPSA) is 29.5 Å². The van der Waals surface area contributed by atoms with E-state index in [9.17, 15) is 13.9 Å². The number of benzene rings is 2. The fourth-order valence-electron chi connectivity index (χ4n) is 2.03. The van der Waals surface area contributed by atoms with E-state index in [0.717, 1.165) is 12.1 Å². The van der Waals surface area contributed by atoms with Crippen LogP contribution in [0.5, 0.6) is 0 Å². The molecule has 4 heteroatoms. The van der Waals surface area contributed by atoms with Crippen LogP contribution >= 0.6 is 0 Å². The Hall–Kier alpha value is -1.78. The van der Waals surface area contributed by atoms with Crippen LogP contribution in [0.1, 0.15) is 23.3 Å². The minimum Gasteiger partial charge on any atom is -0.385 e. The normalized spacial score (nSPS) is 14.1. The van der Waals surface area contributed by atoms with Gasteiger partial charge in [-0.2, -0.15) is 0 Å². The van der Waals surface area contributed by atoms with E-state index in [2.05, 4.69) is 0 Å². The van der Waals surface area contributed by atoms with Crippen LogP contribution in [0.2, 0.25) is 0 Å². The SMILES string of the molecule is COC(c1ccccc1)C(O)c1c(F)cccc1F. The van der Waals surface area contributed by atoms with Crippen molar-refractivity contribution < 1.29 is 18.6 Å². The minimum absolute atomic E-state index is 0.377. The molecule has 0 heterocycles. The van der Waals surface area contributed by atoms with Gasteiger partial charge in [0.05, 0.1) is 5.56 Å². The van der Waals surface area contributed by atoms with Crippen molar-refractivity contribution in [1.29, 1.82) is 0 Å². The lowest BCUT2D eigenvalue weighted by atomic mass is 9.97. The minimum atomic E-state index is -1.41. The number of halogens is 2. The van der Waals surface area contributed by atoms with Gasteiger partial charge in [0.25, 0.3) is 0 Å². The molecule has 0 aliphatic heterocycles. The fourth-order valence-corrected chi connectivity index (χ4v) is 2.03. The van der Waals surface area contributed by atoms with Crippen molar-refractivity contribution in [2.45, 2.75) is 12.2 Å². The first-order valence-electron chi connectivity index (χ1n) is 5.85. The van der Waals surface area contributed by atoms with E-state index in [1.807, 2.05) is 6.07 Å². The molecule has 19 heavy (non-hydrogen) atoms. The first kappa shape index (κ1) is 13.6. The number of hydrogen-bond donors (Lipinski definition) is 1. The number of rotatable bonds is 4. The molecule has 0 spiro atoms. The molecule has 0 aromatic heterocycles. The monoisotopic (exact) mass is 264 g/mol. The standard InChI is InChI=1S/C15H14F2O2/c1-19-15(10-6-3-2-4-7-10)14(18)13-11(16)8-5-9-12(13)17/h2-9,14-15,18H,1H3. The lowest BCUT2D eigenvalue weighted by Crippen LogP contribution is -2.15. The van der Waals surface area contributed by atoms with Crippen molar-refractivity contribution in [3.63, 3.8) is 0 Å². The maximum Gasteiger partial charge on any atom is 0.132 e. The Balaban J connectivity index is 2.39. The van der Waals surface area contributed by atoms with Gasteiger partial charge in [0.2, 0.25) is 0 Å². The number of ether oxygens (including phenoxy) is 1. The highest BCUT2D eigenvalue weighted by Crippen LogP contribution is 2.33. The van der Waals surface area contributed by atoms with Crippen molar-refractivity contribution >= 4 is 0 Å². The summed E-state index contributed by atoms with van der Waals surface area (Å²) >= 11 is 0. The Kier molecular flexibility index (Phi) is 4.24. The van der Waals surface area contributed by atoms with Crippen LogP contribution in [0.25, 0.3) is 0 Å². The molecule has 0 amide bonds. The lowest BCUT2D eigenvalue weighted by Gasteiger charge is -2.23. The Labute approximate surface area is 110 Å². The highest BCUT2D eigenvalue weighted by Gasteiger charge is 2.27. The van der Waals surface area contributed by atoms with Crippen molar-refractivity contribution in [2.24, 2.45) is 0 Å². The Bertz CT molecular complexity index is 523. The third kappa shape index (κ3) is 2.80. The van der Waals surface area contributed by atoms with Crippen LogP contribution in [-0.2, 0) is 4.74 Å². The summed E-state index contributed by atoms with van der Waals surface area (Å²) in [7, 11) is 1.39. The van der Waals surface area contributed by atoms with Crippen molar-refractivity contribution in [3.05, 3.63) is 71.3 Å². The molecule has 1 N–H and O–H groups in total. The van der Waals surface area contributed by atoms with E-state index in [4.69, 9.17) is 4.74 Å². The zero-order valence-electron chi connectivity index (χ0n) is 10.4. The van der Waals surface area contributed by atoms with Gasteiger partial charge < -0.3 is 9.84 Å². The molecule has 2 nitrogen and oxygen atoms in total. The summed E-state index contributed by atoms with van der Waals surface area (Å²) in [5, 5.41) is 10.2. The predicted molar refractivity (Wildman–Crippen MR) is 67.5 cm³/mol. The van der Waals surface area contributed by atoms with Gasteiger partial charge in [0.1, 0.15) is 23.8 Å². The quantitative estimate of drug-likeness (QED) is 0.917. The molecule has 2 unspecified atom stereocenters. The lowest BCUT2D eigenvalue weighted by molar-refractivity contribution is -0.0183. The van der Waals surface area contributed by atoms with E-state index in [-0.39, 0.29) is 5.56 Å². The highest BCUT2D eigenvalue weighted by molar-refractivity contribution is 5.27. The van der Waals surface area contributed by atoms with Crippen LogP contribution < -0.4 is 0 Å². The van der Waals surface area contributed by atoms with E-state index in [1.165, 1.54) is 13.2 Å².